The number of rotatable bonds is 4. The summed E-state index contributed by atoms with van der Waals surface area (Å²) in [4.78, 5) is 27.2. The largest absolute Gasteiger partial charge is 0.486 e. The molecule has 2 fully saturated rings. The first-order chi connectivity index (χ1) is 14.7. The van der Waals surface area contributed by atoms with E-state index in [2.05, 4.69) is 5.10 Å². The van der Waals surface area contributed by atoms with Crippen LogP contribution in [0.5, 0.6) is 11.5 Å². The van der Waals surface area contributed by atoms with Crippen LogP contribution >= 0.6 is 0 Å². The van der Waals surface area contributed by atoms with Crippen LogP contribution < -0.4 is 15.0 Å². The molecule has 2 saturated heterocycles. The summed E-state index contributed by atoms with van der Waals surface area (Å²) in [7, 11) is 0. The molecule has 158 valence electrons. The third kappa shape index (κ3) is 3.67. The number of carbonyl (C=O) groups is 1. The Labute approximate surface area is 174 Å². The minimum atomic E-state index is -0.334. The number of likely N-dealkylation sites (tertiary alicyclic amines) is 1. The van der Waals surface area contributed by atoms with Crippen LogP contribution in [0.4, 0.5) is 0 Å². The Morgan fingerprint density at radius 3 is 2.73 bits per heavy atom. The highest BCUT2D eigenvalue weighted by molar-refractivity contribution is 5.81. The van der Waals surface area contributed by atoms with E-state index >= 15 is 0 Å². The van der Waals surface area contributed by atoms with Crippen LogP contribution in [-0.4, -0.2) is 59.1 Å². The Kier molecular flexibility index (Phi) is 5.16. The van der Waals surface area contributed by atoms with Gasteiger partial charge in [0.1, 0.15) is 19.3 Å². The van der Waals surface area contributed by atoms with E-state index in [4.69, 9.17) is 14.2 Å². The monoisotopic (exact) mass is 411 g/mol. The molecule has 2 aromatic rings. The van der Waals surface area contributed by atoms with Crippen LogP contribution in [0.15, 0.2) is 35.1 Å². The quantitative estimate of drug-likeness (QED) is 0.764. The van der Waals surface area contributed by atoms with Gasteiger partial charge in [-0.25, -0.2) is 4.68 Å². The van der Waals surface area contributed by atoms with E-state index in [0.717, 1.165) is 31.2 Å². The van der Waals surface area contributed by atoms with Gasteiger partial charge in [-0.1, -0.05) is 0 Å². The molecule has 2 atom stereocenters. The first kappa shape index (κ1) is 19.1. The van der Waals surface area contributed by atoms with Gasteiger partial charge in [-0.3, -0.25) is 9.59 Å². The Morgan fingerprint density at radius 2 is 1.90 bits per heavy atom. The van der Waals surface area contributed by atoms with E-state index in [1.807, 2.05) is 23.1 Å². The van der Waals surface area contributed by atoms with Crippen molar-refractivity contribution in [2.45, 2.75) is 44.4 Å². The van der Waals surface area contributed by atoms with Gasteiger partial charge < -0.3 is 19.1 Å². The summed E-state index contributed by atoms with van der Waals surface area (Å²) in [6.07, 6.45) is 3.16. The fraction of sp³-hybridized carbons (Fsp3) is 0.500. The molecule has 1 aromatic heterocycles. The molecule has 3 aliphatic rings. The van der Waals surface area contributed by atoms with Crippen LogP contribution in [0.2, 0.25) is 0 Å². The van der Waals surface area contributed by atoms with E-state index in [1.54, 1.807) is 6.07 Å². The zero-order valence-electron chi connectivity index (χ0n) is 16.8. The number of nitrogens with zero attached hydrogens (tertiary/aromatic N) is 3. The maximum atomic E-state index is 12.8. The molecule has 1 aromatic carbocycles. The fourth-order valence-corrected chi connectivity index (χ4v) is 4.41. The number of benzene rings is 1. The standard InChI is InChI=1S/C22H25N3O5/c26-21-8-6-17(15-5-7-18-20(13-15)30-12-11-29-18)23-25(21)14-16-3-1-9-24(16)22(27)19-4-2-10-28-19/h5-8,13,16,19H,1-4,9-12,14H2/t16-,19-/m0/s1. The molecular formula is C22H25N3O5. The second-order valence-corrected chi connectivity index (χ2v) is 7.93. The van der Waals surface area contributed by atoms with Crippen LogP contribution in [0.1, 0.15) is 25.7 Å². The van der Waals surface area contributed by atoms with Crippen LogP contribution in [0.3, 0.4) is 0 Å². The number of fused-ring (bicyclic) bond motifs is 1. The van der Waals surface area contributed by atoms with Crippen molar-refractivity contribution in [3.05, 3.63) is 40.7 Å². The van der Waals surface area contributed by atoms with E-state index in [9.17, 15) is 9.59 Å². The summed E-state index contributed by atoms with van der Waals surface area (Å²) in [5.74, 6) is 1.45. The first-order valence-corrected chi connectivity index (χ1v) is 10.6. The normalized spacial score (nSPS) is 23.0. The summed E-state index contributed by atoms with van der Waals surface area (Å²) < 4.78 is 18.3. The number of ether oxygens (including phenoxy) is 3. The molecule has 30 heavy (non-hydrogen) atoms. The third-order valence-electron chi connectivity index (χ3n) is 5.95. The van der Waals surface area contributed by atoms with Crippen molar-refractivity contribution >= 4 is 5.91 Å². The molecule has 0 aliphatic carbocycles. The van der Waals surface area contributed by atoms with Gasteiger partial charge in [0.05, 0.1) is 18.3 Å². The van der Waals surface area contributed by atoms with E-state index in [0.29, 0.717) is 50.1 Å². The highest BCUT2D eigenvalue weighted by atomic mass is 16.6. The Balaban J connectivity index is 1.37. The van der Waals surface area contributed by atoms with Crippen molar-refractivity contribution in [2.75, 3.05) is 26.4 Å². The minimum Gasteiger partial charge on any atom is -0.486 e. The molecule has 0 radical (unpaired) electrons. The maximum Gasteiger partial charge on any atom is 0.266 e. The topological polar surface area (TPSA) is 82.9 Å². The smallest absolute Gasteiger partial charge is 0.266 e. The van der Waals surface area contributed by atoms with Crippen molar-refractivity contribution < 1.29 is 19.0 Å². The molecule has 8 heteroatoms. The molecule has 3 aliphatic heterocycles. The van der Waals surface area contributed by atoms with Crippen molar-refractivity contribution in [1.29, 1.82) is 0 Å². The second kappa shape index (κ2) is 8.10. The summed E-state index contributed by atoms with van der Waals surface area (Å²) in [5.41, 5.74) is 1.36. The molecule has 0 unspecified atom stereocenters. The van der Waals surface area contributed by atoms with Crippen LogP contribution in [0, 0.1) is 0 Å². The first-order valence-electron chi connectivity index (χ1n) is 10.6. The molecule has 0 spiro atoms. The van der Waals surface area contributed by atoms with Crippen molar-refractivity contribution in [3.63, 3.8) is 0 Å². The second-order valence-electron chi connectivity index (χ2n) is 7.93. The molecule has 0 saturated carbocycles. The zero-order valence-corrected chi connectivity index (χ0v) is 16.8. The third-order valence-corrected chi connectivity index (χ3v) is 5.95. The van der Waals surface area contributed by atoms with Crippen molar-refractivity contribution in [3.8, 4) is 22.8 Å². The van der Waals surface area contributed by atoms with Crippen LogP contribution in [0.25, 0.3) is 11.3 Å². The van der Waals surface area contributed by atoms with Gasteiger partial charge in [0.15, 0.2) is 11.5 Å². The molecule has 4 heterocycles. The molecule has 0 N–H and O–H groups in total. The summed E-state index contributed by atoms with van der Waals surface area (Å²) in [5, 5.41) is 4.58. The SMILES string of the molecule is O=C([C@@H]1CCCO1)N1CCC[C@H]1Cn1nc(-c2ccc3c(c2)OCCO3)ccc1=O. The van der Waals surface area contributed by atoms with Gasteiger partial charge in [0.25, 0.3) is 11.5 Å². The van der Waals surface area contributed by atoms with Gasteiger partial charge in [0.2, 0.25) is 0 Å². The van der Waals surface area contributed by atoms with Crippen LogP contribution in [-0.2, 0) is 16.1 Å². The lowest BCUT2D eigenvalue weighted by Crippen LogP contribution is -2.45. The number of amides is 1. The maximum absolute atomic E-state index is 12.8. The summed E-state index contributed by atoms with van der Waals surface area (Å²) in [6, 6.07) is 8.86. The Morgan fingerprint density at radius 1 is 1.03 bits per heavy atom. The zero-order chi connectivity index (χ0) is 20.5. The molecular weight excluding hydrogens is 386 g/mol. The van der Waals surface area contributed by atoms with E-state index < -0.39 is 0 Å². The lowest BCUT2D eigenvalue weighted by Gasteiger charge is -2.27. The summed E-state index contributed by atoms with van der Waals surface area (Å²) >= 11 is 0. The predicted octanol–water partition coefficient (Wildman–Crippen LogP) is 1.85. The Bertz CT molecular complexity index is 999. The highest BCUT2D eigenvalue weighted by Gasteiger charge is 2.35. The summed E-state index contributed by atoms with van der Waals surface area (Å²) in [6.45, 7) is 2.79. The van der Waals surface area contributed by atoms with E-state index in [1.165, 1.54) is 10.7 Å². The van der Waals surface area contributed by atoms with E-state index in [-0.39, 0.29) is 23.6 Å². The average Bonchev–Trinajstić information content (AvgIpc) is 3.47. The molecule has 5 rings (SSSR count). The van der Waals surface area contributed by atoms with Gasteiger partial charge in [-0.15, -0.1) is 0 Å². The Hall–Kier alpha value is -2.87. The van der Waals surface area contributed by atoms with Gasteiger partial charge in [-0.05, 0) is 49.9 Å². The number of aromatic nitrogens is 2. The minimum absolute atomic E-state index is 0.0394. The van der Waals surface area contributed by atoms with Crippen molar-refractivity contribution in [1.82, 2.24) is 14.7 Å². The lowest BCUT2D eigenvalue weighted by atomic mass is 10.1. The average molecular weight is 411 g/mol. The molecule has 8 nitrogen and oxygen atoms in total. The van der Waals surface area contributed by atoms with Gasteiger partial charge in [0, 0.05) is 24.8 Å². The lowest BCUT2D eigenvalue weighted by molar-refractivity contribution is -0.142. The number of hydrogen-bond donors (Lipinski definition) is 0. The number of hydrogen-bond acceptors (Lipinski definition) is 6. The van der Waals surface area contributed by atoms with Gasteiger partial charge >= 0.3 is 0 Å². The van der Waals surface area contributed by atoms with Crippen molar-refractivity contribution in [2.24, 2.45) is 0 Å². The molecule has 0 bridgehead atoms. The van der Waals surface area contributed by atoms with Gasteiger partial charge in [-0.2, -0.15) is 5.10 Å². The predicted molar refractivity (Wildman–Crippen MR) is 109 cm³/mol. The highest BCUT2D eigenvalue weighted by Crippen LogP contribution is 2.33. The fourth-order valence-electron chi connectivity index (χ4n) is 4.41. The molecule has 1 amide bonds. The number of carbonyl (C=O) groups excluding carboxylic acids is 1.